The first-order chi connectivity index (χ1) is 10.9. The van der Waals surface area contributed by atoms with Crippen molar-refractivity contribution in [2.75, 3.05) is 6.61 Å². The van der Waals surface area contributed by atoms with E-state index in [4.69, 9.17) is 0 Å². The number of carbonyl (C=O) groups is 1. The number of amides is 1. The fraction of sp³-hybridized carbons (Fsp3) is 0.357. The Morgan fingerprint density at radius 3 is 3.04 bits per heavy atom. The molecule has 122 valence electrons. The maximum absolute atomic E-state index is 12.3. The number of fused-ring (bicyclic) bond motifs is 1. The summed E-state index contributed by atoms with van der Waals surface area (Å²) < 4.78 is 43.4. The van der Waals surface area contributed by atoms with Crippen LogP contribution in [0.15, 0.2) is 30.9 Å². The van der Waals surface area contributed by atoms with Crippen molar-refractivity contribution in [2.24, 2.45) is 0 Å². The number of nitrogens with zero attached hydrogens (tertiary/aromatic N) is 3. The molecule has 2 aromatic heterocycles. The van der Waals surface area contributed by atoms with E-state index in [9.17, 15) is 18.0 Å². The van der Waals surface area contributed by atoms with Gasteiger partial charge in [0.2, 0.25) is 0 Å². The van der Waals surface area contributed by atoms with Crippen LogP contribution >= 0.6 is 0 Å². The molecule has 1 aliphatic rings. The van der Waals surface area contributed by atoms with E-state index < -0.39 is 18.7 Å². The van der Waals surface area contributed by atoms with E-state index in [0.717, 1.165) is 5.69 Å². The van der Waals surface area contributed by atoms with E-state index in [2.05, 4.69) is 20.0 Å². The van der Waals surface area contributed by atoms with Crippen LogP contribution in [0, 0.1) is 0 Å². The zero-order valence-corrected chi connectivity index (χ0v) is 11.9. The van der Waals surface area contributed by atoms with Gasteiger partial charge in [0.05, 0.1) is 12.4 Å². The fourth-order valence-corrected chi connectivity index (χ4v) is 2.42. The maximum Gasteiger partial charge on any atom is 0.422 e. The summed E-state index contributed by atoms with van der Waals surface area (Å²) in [6.07, 6.45) is 0.839. The lowest BCUT2D eigenvalue weighted by Crippen LogP contribution is -2.36. The number of rotatable bonds is 4. The molecule has 3 heterocycles. The van der Waals surface area contributed by atoms with Gasteiger partial charge in [-0.2, -0.15) is 13.2 Å². The zero-order chi connectivity index (χ0) is 16.4. The molecule has 6 nitrogen and oxygen atoms in total. The van der Waals surface area contributed by atoms with Crippen LogP contribution in [-0.2, 0) is 13.0 Å². The van der Waals surface area contributed by atoms with E-state index >= 15 is 0 Å². The van der Waals surface area contributed by atoms with E-state index in [1.165, 1.54) is 18.3 Å². The molecular weight excluding hydrogens is 313 g/mol. The number of pyridine rings is 1. The van der Waals surface area contributed by atoms with Crippen molar-refractivity contribution in [2.45, 2.75) is 25.2 Å². The highest BCUT2D eigenvalue weighted by molar-refractivity contribution is 5.95. The Morgan fingerprint density at radius 2 is 2.30 bits per heavy atom. The molecule has 0 bridgehead atoms. The van der Waals surface area contributed by atoms with Gasteiger partial charge in [0.15, 0.2) is 18.1 Å². The quantitative estimate of drug-likeness (QED) is 0.926. The second-order valence-electron chi connectivity index (χ2n) is 5.17. The number of hydrogen-bond acceptors (Lipinski definition) is 4. The molecule has 3 rings (SSSR count). The summed E-state index contributed by atoms with van der Waals surface area (Å²) in [5.41, 5.74) is 0.830. The molecule has 0 saturated heterocycles. The topological polar surface area (TPSA) is 69.0 Å². The van der Waals surface area contributed by atoms with Gasteiger partial charge in [-0.3, -0.25) is 4.79 Å². The first-order valence-electron chi connectivity index (χ1n) is 6.87. The molecule has 1 atom stereocenters. The molecule has 1 aliphatic heterocycles. The molecule has 23 heavy (non-hydrogen) atoms. The van der Waals surface area contributed by atoms with Crippen LogP contribution in [0.1, 0.15) is 16.2 Å². The monoisotopic (exact) mass is 326 g/mol. The van der Waals surface area contributed by atoms with Crippen molar-refractivity contribution in [3.63, 3.8) is 0 Å². The molecule has 9 heteroatoms. The predicted octanol–water partition coefficient (Wildman–Crippen LogP) is 1.57. The van der Waals surface area contributed by atoms with Crippen LogP contribution in [-0.4, -0.2) is 39.3 Å². The van der Waals surface area contributed by atoms with Gasteiger partial charge in [-0.25, -0.2) is 9.97 Å². The molecule has 0 saturated carbocycles. The van der Waals surface area contributed by atoms with Gasteiger partial charge >= 0.3 is 6.18 Å². The average Bonchev–Trinajstić information content (AvgIpc) is 3.05. The van der Waals surface area contributed by atoms with Gasteiger partial charge in [-0.1, -0.05) is 0 Å². The average molecular weight is 326 g/mol. The van der Waals surface area contributed by atoms with Crippen molar-refractivity contribution in [3.05, 3.63) is 42.2 Å². The van der Waals surface area contributed by atoms with E-state index in [0.29, 0.717) is 13.0 Å². The van der Waals surface area contributed by atoms with Crippen molar-refractivity contribution >= 4 is 5.91 Å². The number of halogens is 3. The minimum Gasteiger partial charge on any atom is -0.482 e. The molecule has 0 radical (unpaired) electrons. The fourth-order valence-electron chi connectivity index (χ4n) is 2.42. The molecule has 2 aromatic rings. The standard InChI is InChI=1S/C14H13F3N4O2/c15-14(16,17)7-23-11-2-1-3-19-12(11)13(22)20-9-4-10-5-18-8-21(10)6-9/h1-3,5,8-9H,4,6-7H2,(H,20,22)/t9-/m1/s1. The molecule has 0 fully saturated rings. The number of hydrogen-bond donors (Lipinski definition) is 1. The van der Waals surface area contributed by atoms with Crippen LogP contribution in [0.2, 0.25) is 0 Å². The zero-order valence-electron chi connectivity index (χ0n) is 11.9. The van der Waals surface area contributed by atoms with Crippen LogP contribution < -0.4 is 10.1 Å². The molecule has 0 aliphatic carbocycles. The highest BCUT2D eigenvalue weighted by Crippen LogP contribution is 2.21. The van der Waals surface area contributed by atoms with Crippen LogP contribution in [0.4, 0.5) is 13.2 Å². The number of aromatic nitrogens is 3. The largest absolute Gasteiger partial charge is 0.482 e. The Balaban J connectivity index is 1.67. The number of carbonyl (C=O) groups excluding carboxylic acids is 1. The molecule has 1 amide bonds. The Hall–Kier alpha value is -2.58. The number of alkyl halides is 3. The third-order valence-corrected chi connectivity index (χ3v) is 3.38. The van der Waals surface area contributed by atoms with Gasteiger partial charge in [0, 0.05) is 31.1 Å². The summed E-state index contributed by atoms with van der Waals surface area (Å²) in [6.45, 7) is -0.911. The van der Waals surface area contributed by atoms with Crippen LogP contribution in [0.25, 0.3) is 0 Å². The van der Waals surface area contributed by atoms with E-state index in [1.807, 2.05) is 4.57 Å². The maximum atomic E-state index is 12.3. The Labute approximate surface area is 129 Å². The third kappa shape index (κ3) is 3.61. The first kappa shape index (κ1) is 15.3. The summed E-state index contributed by atoms with van der Waals surface area (Å²) >= 11 is 0. The Kier molecular flexibility index (Phi) is 3.93. The molecule has 0 unspecified atom stereocenters. The number of imidazole rings is 1. The van der Waals surface area contributed by atoms with E-state index in [-0.39, 0.29) is 17.5 Å². The minimum atomic E-state index is -4.48. The lowest BCUT2D eigenvalue weighted by atomic mass is 10.2. The van der Waals surface area contributed by atoms with Gasteiger partial charge < -0.3 is 14.6 Å². The highest BCUT2D eigenvalue weighted by atomic mass is 19.4. The van der Waals surface area contributed by atoms with Gasteiger partial charge in [0.1, 0.15) is 0 Å². The molecule has 0 aromatic carbocycles. The lowest BCUT2D eigenvalue weighted by molar-refractivity contribution is -0.153. The SMILES string of the molecule is O=C(N[C@@H]1Cc2cncn2C1)c1ncccc1OCC(F)(F)F. The summed E-state index contributed by atoms with van der Waals surface area (Å²) in [7, 11) is 0. The number of ether oxygens (including phenoxy) is 1. The van der Waals surface area contributed by atoms with Crippen molar-refractivity contribution in [1.29, 1.82) is 0 Å². The second-order valence-corrected chi connectivity index (χ2v) is 5.17. The van der Waals surface area contributed by atoms with Crippen molar-refractivity contribution in [3.8, 4) is 5.75 Å². The smallest absolute Gasteiger partial charge is 0.422 e. The summed E-state index contributed by atoms with van der Waals surface area (Å²) in [6, 6.07) is 2.54. The number of nitrogens with one attached hydrogen (secondary N) is 1. The summed E-state index contributed by atoms with van der Waals surface area (Å²) in [4.78, 5) is 20.1. The minimum absolute atomic E-state index is 0.155. The summed E-state index contributed by atoms with van der Waals surface area (Å²) in [5.74, 6) is -0.756. The predicted molar refractivity (Wildman–Crippen MR) is 73.0 cm³/mol. The molecule has 1 N–H and O–H groups in total. The van der Waals surface area contributed by atoms with Crippen molar-refractivity contribution < 1.29 is 22.7 Å². The van der Waals surface area contributed by atoms with Gasteiger partial charge in [-0.15, -0.1) is 0 Å². The highest BCUT2D eigenvalue weighted by Gasteiger charge is 2.30. The molecule has 0 spiro atoms. The second kappa shape index (κ2) is 5.90. The normalized spacial score (nSPS) is 16.9. The lowest BCUT2D eigenvalue weighted by Gasteiger charge is -2.14. The Morgan fingerprint density at radius 1 is 1.48 bits per heavy atom. The first-order valence-corrected chi connectivity index (χ1v) is 6.87. The van der Waals surface area contributed by atoms with Crippen LogP contribution in [0.3, 0.4) is 0 Å². The third-order valence-electron chi connectivity index (χ3n) is 3.38. The van der Waals surface area contributed by atoms with Gasteiger partial charge in [0.25, 0.3) is 5.91 Å². The van der Waals surface area contributed by atoms with E-state index in [1.54, 1.807) is 12.5 Å². The Bertz CT molecular complexity index is 694. The van der Waals surface area contributed by atoms with Crippen molar-refractivity contribution in [1.82, 2.24) is 19.9 Å². The summed E-state index contributed by atoms with van der Waals surface area (Å²) in [5, 5.41) is 2.75. The molecular formula is C14H13F3N4O2. The van der Waals surface area contributed by atoms with Crippen LogP contribution in [0.5, 0.6) is 5.75 Å². The van der Waals surface area contributed by atoms with Gasteiger partial charge in [-0.05, 0) is 12.1 Å².